The number of carbonyl (C=O) groups is 1. The Hall–Kier alpha value is -1.33. The molecule has 3 aliphatic rings. The quantitative estimate of drug-likeness (QED) is 0.877. The first-order valence-electron chi connectivity index (χ1n) is 8.98. The molecule has 2 aliphatic carbocycles. The topological polar surface area (TPSA) is 52.5 Å². The zero-order valence-corrected chi connectivity index (χ0v) is 13.6. The molecule has 126 valence electrons. The molecule has 4 rings (SSSR count). The number of carbonyl (C=O) groups excluding carboxylic acids is 1. The van der Waals surface area contributed by atoms with Crippen LogP contribution in [0.25, 0.3) is 0 Å². The van der Waals surface area contributed by atoms with Crippen LogP contribution >= 0.6 is 0 Å². The minimum absolute atomic E-state index is 0.0161. The first kappa shape index (κ1) is 15.2. The molecular weight excluding hydrogens is 292 g/mol. The molecule has 3 fully saturated rings. The Balaban J connectivity index is 1.36. The third-order valence-corrected chi connectivity index (χ3v) is 5.34. The van der Waals surface area contributed by atoms with Crippen LogP contribution in [-0.2, 0) is 9.47 Å². The smallest absolute Gasteiger partial charge is 0.268 e. The van der Waals surface area contributed by atoms with Gasteiger partial charge in [0.2, 0.25) is 0 Å². The zero-order chi connectivity index (χ0) is 15.6. The lowest BCUT2D eigenvalue weighted by Crippen LogP contribution is -2.50. The second kappa shape index (κ2) is 6.65. The molecule has 1 N–H and O–H groups in total. The summed E-state index contributed by atoms with van der Waals surface area (Å²) < 4.78 is 13.7. The van der Waals surface area contributed by atoms with Crippen LogP contribution in [0.5, 0.6) is 0 Å². The number of rotatable bonds is 6. The van der Waals surface area contributed by atoms with Crippen LogP contribution in [0.15, 0.2) is 18.3 Å². The fourth-order valence-electron chi connectivity index (χ4n) is 3.46. The number of hydrogen-bond donors (Lipinski definition) is 1. The zero-order valence-electron chi connectivity index (χ0n) is 13.6. The third-order valence-electron chi connectivity index (χ3n) is 5.34. The monoisotopic (exact) mass is 318 g/mol. The van der Waals surface area contributed by atoms with Crippen molar-refractivity contribution >= 4 is 5.91 Å². The van der Waals surface area contributed by atoms with E-state index in [1.165, 1.54) is 32.1 Å². The Bertz CT molecular complexity index is 548. The first-order chi connectivity index (χ1) is 11.3. The van der Waals surface area contributed by atoms with Gasteiger partial charge in [-0.25, -0.2) is 0 Å². The van der Waals surface area contributed by atoms with Gasteiger partial charge in [0.05, 0.1) is 12.6 Å². The second-order valence-electron chi connectivity index (χ2n) is 7.14. The summed E-state index contributed by atoms with van der Waals surface area (Å²) in [6.45, 7) is 2.08. The molecule has 1 aromatic rings. The molecule has 5 heteroatoms. The maximum atomic E-state index is 12.6. The lowest BCUT2D eigenvalue weighted by molar-refractivity contribution is -0.0819. The molecule has 1 aliphatic heterocycles. The van der Waals surface area contributed by atoms with Gasteiger partial charge in [0.15, 0.2) is 0 Å². The van der Waals surface area contributed by atoms with Crippen molar-refractivity contribution in [3.8, 4) is 0 Å². The number of ether oxygens (including phenoxy) is 2. The molecular formula is C18H26N2O3. The summed E-state index contributed by atoms with van der Waals surface area (Å²) in [5.41, 5.74) is 0.775. The fraction of sp³-hybridized carbons (Fsp3) is 0.722. The first-order valence-corrected chi connectivity index (χ1v) is 8.98. The SMILES string of the molecule is O=C(N[C@@H]1CCOC[C@H]1OCC1CCC1)c1cccn1C1CC1. The van der Waals surface area contributed by atoms with Gasteiger partial charge in [-0.1, -0.05) is 6.42 Å². The molecule has 23 heavy (non-hydrogen) atoms. The minimum atomic E-state index is -0.0161. The second-order valence-corrected chi connectivity index (χ2v) is 7.14. The van der Waals surface area contributed by atoms with E-state index in [1.807, 2.05) is 18.3 Å². The van der Waals surface area contributed by atoms with Crippen molar-refractivity contribution in [1.82, 2.24) is 9.88 Å². The number of amides is 1. The predicted molar refractivity (Wildman–Crippen MR) is 86.5 cm³/mol. The number of nitrogens with one attached hydrogen (secondary N) is 1. The summed E-state index contributed by atoms with van der Waals surface area (Å²) in [6, 6.07) is 4.45. The highest BCUT2D eigenvalue weighted by atomic mass is 16.5. The van der Waals surface area contributed by atoms with Crippen LogP contribution in [0.1, 0.15) is 55.1 Å². The van der Waals surface area contributed by atoms with Crippen LogP contribution in [0.2, 0.25) is 0 Å². The van der Waals surface area contributed by atoms with E-state index >= 15 is 0 Å². The molecule has 1 amide bonds. The Morgan fingerprint density at radius 3 is 2.91 bits per heavy atom. The molecule has 0 spiro atoms. The average Bonchev–Trinajstić information content (AvgIpc) is 3.24. The van der Waals surface area contributed by atoms with Crippen LogP contribution in [0.3, 0.4) is 0 Å². The molecule has 5 nitrogen and oxygen atoms in total. The van der Waals surface area contributed by atoms with Gasteiger partial charge >= 0.3 is 0 Å². The molecule has 0 radical (unpaired) electrons. The molecule has 2 saturated carbocycles. The standard InChI is InChI=1S/C18H26N2O3/c21-18(16-5-2-9-20(16)14-6-7-14)19-15-8-10-22-12-17(15)23-11-13-3-1-4-13/h2,5,9,13-15,17H,1,3-4,6-8,10-12H2,(H,19,21)/t15-,17-/m1/s1. The van der Waals surface area contributed by atoms with Crippen molar-refractivity contribution in [2.24, 2.45) is 5.92 Å². The van der Waals surface area contributed by atoms with Gasteiger partial charge in [0.25, 0.3) is 5.91 Å². The molecule has 1 saturated heterocycles. The van der Waals surface area contributed by atoms with Gasteiger partial charge in [-0.05, 0) is 50.2 Å². The molecule has 2 heterocycles. The number of nitrogens with zero attached hydrogens (tertiary/aromatic N) is 1. The van der Waals surface area contributed by atoms with E-state index in [2.05, 4.69) is 9.88 Å². The summed E-state index contributed by atoms with van der Waals surface area (Å²) in [4.78, 5) is 12.6. The summed E-state index contributed by atoms with van der Waals surface area (Å²) in [6.07, 6.45) is 9.06. The summed E-state index contributed by atoms with van der Waals surface area (Å²) in [5, 5.41) is 3.19. The Labute approximate surface area is 137 Å². The van der Waals surface area contributed by atoms with E-state index in [0.717, 1.165) is 18.7 Å². The molecule has 0 aromatic carbocycles. The largest absolute Gasteiger partial charge is 0.379 e. The van der Waals surface area contributed by atoms with E-state index < -0.39 is 0 Å². The van der Waals surface area contributed by atoms with Crippen molar-refractivity contribution in [1.29, 1.82) is 0 Å². The highest BCUT2D eigenvalue weighted by Gasteiger charge is 2.32. The van der Waals surface area contributed by atoms with Crippen molar-refractivity contribution < 1.29 is 14.3 Å². The number of hydrogen-bond acceptors (Lipinski definition) is 3. The van der Waals surface area contributed by atoms with Gasteiger partial charge in [-0.2, -0.15) is 0 Å². The van der Waals surface area contributed by atoms with Crippen LogP contribution < -0.4 is 5.32 Å². The third kappa shape index (κ3) is 3.45. The molecule has 0 unspecified atom stereocenters. The average molecular weight is 318 g/mol. The van der Waals surface area contributed by atoms with E-state index in [9.17, 15) is 4.79 Å². The maximum Gasteiger partial charge on any atom is 0.268 e. The van der Waals surface area contributed by atoms with Crippen molar-refractivity contribution in [3.05, 3.63) is 24.0 Å². The lowest BCUT2D eigenvalue weighted by Gasteiger charge is -2.34. The number of aromatic nitrogens is 1. The van der Waals surface area contributed by atoms with Crippen molar-refractivity contribution in [2.75, 3.05) is 19.8 Å². The molecule has 0 bridgehead atoms. The van der Waals surface area contributed by atoms with Crippen LogP contribution in [0, 0.1) is 5.92 Å². The summed E-state index contributed by atoms with van der Waals surface area (Å²) in [5.74, 6) is 0.728. The van der Waals surface area contributed by atoms with E-state index in [1.54, 1.807) is 0 Å². The van der Waals surface area contributed by atoms with E-state index in [4.69, 9.17) is 9.47 Å². The summed E-state index contributed by atoms with van der Waals surface area (Å²) >= 11 is 0. The Morgan fingerprint density at radius 2 is 2.17 bits per heavy atom. The lowest BCUT2D eigenvalue weighted by atomic mass is 9.86. The minimum Gasteiger partial charge on any atom is -0.379 e. The summed E-state index contributed by atoms with van der Waals surface area (Å²) in [7, 11) is 0. The van der Waals surface area contributed by atoms with Gasteiger partial charge in [0.1, 0.15) is 11.8 Å². The van der Waals surface area contributed by atoms with Gasteiger partial charge in [-0.3, -0.25) is 4.79 Å². The maximum absolute atomic E-state index is 12.6. The van der Waals surface area contributed by atoms with Gasteiger partial charge in [-0.15, -0.1) is 0 Å². The van der Waals surface area contributed by atoms with E-state index in [-0.39, 0.29) is 18.1 Å². The van der Waals surface area contributed by atoms with Crippen molar-refractivity contribution in [3.63, 3.8) is 0 Å². The van der Waals surface area contributed by atoms with E-state index in [0.29, 0.717) is 25.2 Å². The van der Waals surface area contributed by atoms with Crippen molar-refractivity contribution in [2.45, 2.75) is 56.7 Å². The highest BCUT2D eigenvalue weighted by molar-refractivity contribution is 5.93. The Kier molecular flexibility index (Phi) is 4.40. The Morgan fingerprint density at radius 1 is 1.30 bits per heavy atom. The van der Waals surface area contributed by atoms with Crippen LogP contribution in [0.4, 0.5) is 0 Å². The molecule has 2 atom stereocenters. The fourth-order valence-corrected chi connectivity index (χ4v) is 3.46. The van der Waals surface area contributed by atoms with Gasteiger partial charge < -0.3 is 19.4 Å². The van der Waals surface area contributed by atoms with Gasteiger partial charge in [0, 0.05) is 25.5 Å². The normalized spacial score (nSPS) is 28.3. The molecule has 1 aromatic heterocycles. The predicted octanol–water partition coefficient (Wildman–Crippen LogP) is 2.53. The highest BCUT2D eigenvalue weighted by Crippen LogP contribution is 2.36. The van der Waals surface area contributed by atoms with Crippen LogP contribution in [-0.4, -0.2) is 42.4 Å².